The van der Waals surface area contributed by atoms with Gasteiger partial charge in [0.25, 0.3) is 0 Å². The van der Waals surface area contributed by atoms with E-state index in [2.05, 4.69) is 36.5 Å². The van der Waals surface area contributed by atoms with E-state index in [1.54, 1.807) is 0 Å². The van der Waals surface area contributed by atoms with Crippen molar-refractivity contribution in [3.05, 3.63) is 35.9 Å². The van der Waals surface area contributed by atoms with Gasteiger partial charge in [-0.1, -0.05) is 37.3 Å². The van der Waals surface area contributed by atoms with Crippen molar-refractivity contribution < 1.29 is 98.1 Å². The molecule has 4 heteroatoms. The molecule has 0 saturated heterocycles. The van der Waals surface area contributed by atoms with E-state index < -0.39 is 0 Å². The molecule has 1 nitrogen and oxygen atoms in total. The molecule has 63 valence electrons. The summed E-state index contributed by atoms with van der Waals surface area (Å²) in [7, 11) is 0. The van der Waals surface area contributed by atoms with Crippen molar-refractivity contribution >= 4 is 0 Å². The van der Waals surface area contributed by atoms with E-state index in [1.807, 2.05) is 6.07 Å². The molecule has 0 unspecified atom stereocenters. The van der Waals surface area contributed by atoms with Crippen LogP contribution in [0.4, 0.5) is 0 Å². The maximum Gasteiger partial charge on any atom is 0.0205 e. The Morgan fingerprint density at radius 2 is 1.54 bits per heavy atom. The van der Waals surface area contributed by atoms with Gasteiger partial charge in [0.1, 0.15) is 0 Å². The van der Waals surface area contributed by atoms with Crippen LogP contribution in [-0.4, -0.2) is 6.54 Å². The molecule has 1 rings (SSSR count). The second-order valence-corrected chi connectivity index (χ2v) is 2.27. The molecule has 0 heterocycles. The van der Waals surface area contributed by atoms with Gasteiger partial charge in [-0.25, -0.2) is 0 Å². The van der Waals surface area contributed by atoms with Crippen LogP contribution in [0.1, 0.15) is 12.5 Å². The van der Waals surface area contributed by atoms with Crippen molar-refractivity contribution in [1.29, 1.82) is 0 Å². The quantitative estimate of drug-likeness (QED) is 0.814. The molecule has 1 N–H and O–H groups in total. The van der Waals surface area contributed by atoms with Crippen molar-refractivity contribution in [1.82, 2.24) is 5.32 Å². The molecule has 0 aliphatic heterocycles. The molecule has 0 fully saturated rings. The van der Waals surface area contributed by atoms with Crippen LogP contribution in [0.25, 0.3) is 0 Å². The molecule has 0 aromatic heterocycles. The fourth-order valence-corrected chi connectivity index (χ4v) is 0.865. The Hall–Kier alpha value is 2.49. The van der Waals surface area contributed by atoms with E-state index >= 15 is 0 Å². The Labute approximate surface area is 156 Å². The Balaban J connectivity index is -0.000000333. The molecule has 0 atom stereocenters. The number of benzene rings is 1. The average Bonchev–Trinajstić information content (AvgIpc) is 2.03. The Kier molecular flexibility index (Phi) is 23.2. The summed E-state index contributed by atoms with van der Waals surface area (Å²) >= 11 is 0. The smallest absolute Gasteiger partial charge is 0.0205 e. The largest absolute Gasteiger partial charge is 0.313 e. The van der Waals surface area contributed by atoms with Crippen molar-refractivity contribution in [2.24, 2.45) is 0 Å². The van der Waals surface area contributed by atoms with E-state index in [-0.39, 0.29) is 98.1 Å². The molecule has 0 amide bonds. The zero-order valence-electron chi connectivity index (χ0n) is 8.03. The molecule has 1 aromatic rings. The monoisotopic (exact) mass is 402 g/mol. The zero-order chi connectivity index (χ0) is 7.23. The second kappa shape index (κ2) is 14.5. The van der Waals surface area contributed by atoms with Crippen molar-refractivity contribution in [3.8, 4) is 0 Å². The van der Waals surface area contributed by atoms with Gasteiger partial charge < -0.3 is 5.32 Å². The predicted octanol–water partition coefficient (Wildman–Crippen LogP) is 1.79. The predicted molar refractivity (Wildman–Crippen MR) is 43.8 cm³/mol. The van der Waals surface area contributed by atoms with E-state index in [0.29, 0.717) is 0 Å². The maximum atomic E-state index is 3.26. The Morgan fingerprint density at radius 3 is 2.00 bits per heavy atom. The number of hydrogen-bond donors (Lipinski definition) is 1. The van der Waals surface area contributed by atoms with Gasteiger partial charge in [0, 0.05) is 105 Å². The minimum Gasteiger partial charge on any atom is -0.313 e. The third-order valence-electron chi connectivity index (χ3n) is 1.42. The van der Waals surface area contributed by atoms with Crippen LogP contribution in [0.2, 0.25) is 0 Å². The third-order valence-corrected chi connectivity index (χ3v) is 1.42. The summed E-state index contributed by atoms with van der Waals surface area (Å²) in [4.78, 5) is 0. The van der Waals surface area contributed by atoms with Crippen molar-refractivity contribution in [3.63, 3.8) is 0 Å². The third kappa shape index (κ3) is 10.8. The molecule has 0 aliphatic carbocycles. The summed E-state index contributed by atoms with van der Waals surface area (Å²) in [5.41, 5.74) is 1.35. The van der Waals surface area contributed by atoms with Crippen molar-refractivity contribution in [2.45, 2.75) is 13.5 Å². The molecule has 0 aliphatic rings. The minimum atomic E-state index is 0. The summed E-state index contributed by atoms with van der Waals surface area (Å²) in [6, 6.07) is 10.4. The molecule has 13 heavy (non-hydrogen) atoms. The first-order valence-electron chi connectivity index (χ1n) is 3.68. The summed E-state index contributed by atoms with van der Waals surface area (Å²) in [5, 5.41) is 3.26. The second-order valence-electron chi connectivity index (χ2n) is 2.27. The summed E-state index contributed by atoms with van der Waals surface area (Å²) < 4.78 is 0. The molecule has 3 radical (unpaired) electrons. The van der Waals surface area contributed by atoms with Crippen LogP contribution in [0.3, 0.4) is 0 Å². The summed E-state index contributed by atoms with van der Waals surface area (Å²) in [6.07, 6.45) is 0. The average molecular weight is 402 g/mol. The van der Waals surface area contributed by atoms with Crippen LogP contribution >= 0.6 is 0 Å². The van der Waals surface area contributed by atoms with E-state index in [9.17, 15) is 0 Å². The van der Waals surface area contributed by atoms with Gasteiger partial charge in [0.15, 0.2) is 0 Å². The van der Waals surface area contributed by atoms with Gasteiger partial charge >= 0.3 is 0 Å². The number of hydrogen-bond acceptors (Lipinski definition) is 1. The van der Waals surface area contributed by atoms with Crippen molar-refractivity contribution in [2.75, 3.05) is 6.54 Å². The Morgan fingerprint density at radius 1 is 1.00 bits per heavy atom. The van der Waals surface area contributed by atoms with Crippen LogP contribution < -0.4 is 5.32 Å². The normalized spacial score (nSPS) is 7.46. The first-order valence-corrected chi connectivity index (χ1v) is 3.68. The van der Waals surface area contributed by atoms with Gasteiger partial charge in [0.2, 0.25) is 0 Å². The van der Waals surface area contributed by atoms with E-state index in [1.165, 1.54) is 5.56 Å². The standard InChI is InChI=1S/C9H13N.3Y/c1-2-10-8-9-6-4-3-5-7-9;;;/h3-7,10H,2,8H2,1H3;;;. The van der Waals surface area contributed by atoms with E-state index in [4.69, 9.17) is 0 Å². The van der Waals surface area contributed by atoms with Gasteiger partial charge in [-0.2, -0.15) is 0 Å². The van der Waals surface area contributed by atoms with Gasteiger partial charge in [0.05, 0.1) is 0 Å². The van der Waals surface area contributed by atoms with Gasteiger partial charge in [-0.15, -0.1) is 0 Å². The van der Waals surface area contributed by atoms with Gasteiger partial charge in [-0.3, -0.25) is 0 Å². The molecule has 0 spiro atoms. The van der Waals surface area contributed by atoms with E-state index in [0.717, 1.165) is 13.1 Å². The molecule has 1 aromatic carbocycles. The molecular formula is C9H13NY3. The molecule has 0 saturated carbocycles. The van der Waals surface area contributed by atoms with Crippen LogP contribution in [0, 0.1) is 0 Å². The molecular weight excluding hydrogens is 389 g/mol. The Bertz CT molecular complexity index is 179. The topological polar surface area (TPSA) is 12.0 Å². The first kappa shape index (κ1) is 20.8. The number of nitrogens with one attached hydrogen (secondary N) is 1. The minimum absolute atomic E-state index is 0. The molecule has 0 bridgehead atoms. The fraction of sp³-hybridized carbons (Fsp3) is 0.333. The summed E-state index contributed by atoms with van der Waals surface area (Å²) in [5.74, 6) is 0. The summed E-state index contributed by atoms with van der Waals surface area (Å²) in [6.45, 7) is 4.13. The fourth-order valence-electron chi connectivity index (χ4n) is 0.865. The van der Waals surface area contributed by atoms with Gasteiger partial charge in [-0.05, 0) is 12.1 Å². The first-order chi connectivity index (χ1) is 4.93. The van der Waals surface area contributed by atoms with Crippen LogP contribution in [0.5, 0.6) is 0 Å². The van der Waals surface area contributed by atoms with Crippen LogP contribution in [-0.2, 0) is 105 Å². The number of rotatable bonds is 3. The maximum absolute atomic E-state index is 3.26. The SMILES string of the molecule is CCNCc1ccccc1.[Y].[Y].[Y]. The van der Waals surface area contributed by atoms with Crippen LogP contribution in [0.15, 0.2) is 30.3 Å². The zero-order valence-corrected chi connectivity index (χ0v) is 16.5.